The third-order valence-electron chi connectivity index (χ3n) is 3.94. The molecule has 2 atom stereocenters. The minimum atomic E-state index is -3.11. The number of hydrogen-bond acceptors (Lipinski definition) is 5. The molecule has 1 aromatic heterocycles. The number of sulfone groups is 1. The second-order valence-corrected chi connectivity index (χ2v) is 8.01. The van der Waals surface area contributed by atoms with Gasteiger partial charge in [-0.3, -0.25) is 4.79 Å². The third-order valence-corrected chi connectivity index (χ3v) is 6.22. The molecule has 1 aliphatic rings. The zero-order valence-corrected chi connectivity index (χ0v) is 13.0. The van der Waals surface area contributed by atoms with Gasteiger partial charge in [-0.25, -0.2) is 13.4 Å². The monoisotopic (exact) mass is 300 g/mol. The van der Waals surface area contributed by atoms with Crippen LogP contribution in [0.15, 0.2) is 10.8 Å². The van der Waals surface area contributed by atoms with E-state index in [-0.39, 0.29) is 30.2 Å². The minimum Gasteiger partial charge on any atom is -0.447 e. The van der Waals surface area contributed by atoms with Gasteiger partial charge in [0.15, 0.2) is 21.9 Å². The van der Waals surface area contributed by atoms with Crippen molar-refractivity contribution in [1.82, 2.24) is 9.88 Å². The van der Waals surface area contributed by atoms with Gasteiger partial charge in [0.05, 0.1) is 11.0 Å². The molecule has 0 N–H and O–H groups in total. The summed E-state index contributed by atoms with van der Waals surface area (Å²) in [4.78, 5) is 18.1. The number of aromatic nitrogens is 1. The van der Waals surface area contributed by atoms with Crippen LogP contribution in [0, 0.1) is 0 Å². The van der Waals surface area contributed by atoms with Crippen molar-refractivity contribution < 1.29 is 17.6 Å². The molecular formula is C13H20N2O4S. The Morgan fingerprint density at radius 2 is 2.10 bits per heavy atom. The van der Waals surface area contributed by atoms with E-state index in [2.05, 4.69) is 4.98 Å². The van der Waals surface area contributed by atoms with Crippen LogP contribution in [-0.4, -0.2) is 47.8 Å². The van der Waals surface area contributed by atoms with Gasteiger partial charge in [-0.05, 0) is 13.8 Å². The van der Waals surface area contributed by atoms with E-state index in [9.17, 15) is 13.2 Å². The van der Waals surface area contributed by atoms with E-state index in [1.54, 1.807) is 18.7 Å². The van der Waals surface area contributed by atoms with E-state index in [4.69, 9.17) is 4.42 Å². The zero-order chi connectivity index (χ0) is 15.1. The van der Waals surface area contributed by atoms with Crippen LogP contribution >= 0.6 is 0 Å². The molecule has 0 bridgehead atoms. The predicted molar refractivity (Wildman–Crippen MR) is 74.3 cm³/mol. The van der Waals surface area contributed by atoms with Crippen LogP contribution in [-0.2, 0) is 9.84 Å². The number of hydrogen-bond donors (Lipinski definition) is 0. The lowest BCUT2D eigenvalue weighted by atomic mass is 10.1. The summed E-state index contributed by atoms with van der Waals surface area (Å²) in [5, 5.41) is -0.561. The van der Waals surface area contributed by atoms with Gasteiger partial charge in [0.25, 0.3) is 5.91 Å². The smallest absolute Gasteiger partial charge is 0.276 e. The molecular weight excluding hydrogens is 280 g/mol. The first-order valence-corrected chi connectivity index (χ1v) is 8.43. The van der Waals surface area contributed by atoms with Gasteiger partial charge in [0.2, 0.25) is 0 Å². The highest BCUT2D eigenvalue weighted by atomic mass is 32.2. The van der Waals surface area contributed by atoms with Crippen LogP contribution < -0.4 is 0 Å². The molecule has 0 aromatic carbocycles. The van der Waals surface area contributed by atoms with Crippen molar-refractivity contribution in [2.24, 2.45) is 0 Å². The molecule has 20 heavy (non-hydrogen) atoms. The largest absolute Gasteiger partial charge is 0.447 e. The average molecular weight is 300 g/mol. The first-order chi connectivity index (χ1) is 9.25. The molecule has 2 rings (SSSR count). The fourth-order valence-electron chi connectivity index (χ4n) is 2.42. The molecule has 0 saturated carbocycles. The Morgan fingerprint density at radius 1 is 1.45 bits per heavy atom. The summed E-state index contributed by atoms with van der Waals surface area (Å²) in [6.07, 6.45) is 1.26. The summed E-state index contributed by atoms with van der Waals surface area (Å²) in [7, 11) is -3.11. The standard InChI is InChI=1S/C13H20N2O4S/c1-8(2)12-11(14-7-19-12)13(16)15-5-6-20(17,18)10(4)9(15)3/h7-10H,5-6H2,1-4H3/t9-,10-/m0/s1. The highest BCUT2D eigenvalue weighted by Crippen LogP contribution is 2.24. The van der Waals surface area contributed by atoms with Crippen molar-refractivity contribution in [2.75, 3.05) is 12.3 Å². The number of carbonyl (C=O) groups is 1. The maximum absolute atomic E-state index is 12.6. The average Bonchev–Trinajstić information content (AvgIpc) is 2.85. The van der Waals surface area contributed by atoms with Crippen molar-refractivity contribution in [1.29, 1.82) is 0 Å². The molecule has 1 fully saturated rings. The van der Waals surface area contributed by atoms with Crippen molar-refractivity contribution >= 4 is 15.7 Å². The molecule has 1 saturated heterocycles. The first-order valence-electron chi connectivity index (χ1n) is 6.71. The maximum atomic E-state index is 12.6. The summed E-state index contributed by atoms with van der Waals surface area (Å²) in [6.45, 7) is 7.45. The Kier molecular flexibility index (Phi) is 3.90. The molecule has 0 spiro atoms. The Morgan fingerprint density at radius 3 is 2.70 bits per heavy atom. The second-order valence-electron chi connectivity index (χ2n) is 5.53. The second kappa shape index (κ2) is 5.20. The quantitative estimate of drug-likeness (QED) is 0.825. The Hall–Kier alpha value is -1.37. The molecule has 6 nitrogen and oxygen atoms in total. The molecule has 2 heterocycles. The van der Waals surface area contributed by atoms with Gasteiger partial charge in [-0.15, -0.1) is 0 Å². The first kappa shape index (κ1) is 15.0. The topological polar surface area (TPSA) is 80.5 Å². The van der Waals surface area contributed by atoms with Gasteiger partial charge in [0, 0.05) is 18.5 Å². The maximum Gasteiger partial charge on any atom is 0.276 e. The number of oxazole rings is 1. The van der Waals surface area contributed by atoms with Gasteiger partial charge in [-0.1, -0.05) is 13.8 Å². The Bertz CT molecular complexity index is 606. The molecule has 1 amide bonds. The molecule has 112 valence electrons. The van der Waals surface area contributed by atoms with Crippen LogP contribution in [0.3, 0.4) is 0 Å². The lowest BCUT2D eigenvalue weighted by molar-refractivity contribution is 0.0685. The minimum absolute atomic E-state index is 0.000883. The lowest BCUT2D eigenvalue weighted by Crippen LogP contribution is -2.54. The normalized spacial score (nSPS) is 25.9. The molecule has 0 aliphatic carbocycles. The van der Waals surface area contributed by atoms with Crippen LogP contribution in [0.1, 0.15) is 49.9 Å². The van der Waals surface area contributed by atoms with E-state index in [1.165, 1.54) is 6.39 Å². The summed E-state index contributed by atoms with van der Waals surface area (Å²) >= 11 is 0. The highest BCUT2D eigenvalue weighted by molar-refractivity contribution is 7.92. The summed E-state index contributed by atoms with van der Waals surface area (Å²) in [5.41, 5.74) is 0.290. The number of nitrogens with zero attached hydrogens (tertiary/aromatic N) is 2. The van der Waals surface area contributed by atoms with Gasteiger partial charge < -0.3 is 9.32 Å². The highest BCUT2D eigenvalue weighted by Gasteiger charge is 2.39. The number of rotatable bonds is 2. The zero-order valence-electron chi connectivity index (χ0n) is 12.2. The fraction of sp³-hybridized carbons (Fsp3) is 0.692. The van der Waals surface area contributed by atoms with E-state index < -0.39 is 15.1 Å². The number of carbonyl (C=O) groups excluding carboxylic acids is 1. The lowest BCUT2D eigenvalue weighted by Gasteiger charge is -2.37. The molecule has 1 aliphatic heterocycles. The fourth-order valence-corrected chi connectivity index (χ4v) is 3.99. The van der Waals surface area contributed by atoms with Gasteiger partial charge in [0.1, 0.15) is 5.76 Å². The van der Waals surface area contributed by atoms with Crippen molar-refractivity contribution in [3.63, 3.8) is 0 Å². The van der Waals surface area contributed by atoms with Crippen LogP contribution in [0.4, 0.5) is 0 Å². The van der Waals surface area contributed by atoms with Crippen LogP contribution in [0.2, 0.25) is 0 Å². The third kappa shape index (κ3) is 2.46. The molecule has 1 aromatic rings. The number of amides is 1. The Labute approximate surface area is 119 Å². The van der Waals surface area contributed by atoms with E-state index in [0.29, 0.717) is 11.5 Å². The van der Waals surface area contributed by atoms with Crippen molar-refractivity contribution in [3.8, 4) is 0 Å². The van der Waals surface area contributed by atoms with Gasteiger partial charge in [-0.2, -0.15) is 0 Å². The van der Waals surface area contributed by atoms with Crippen LogP contribution in [0.5, 0.6) is 0 Å². The van der Waals surface area contributed by atoms with Gasteiger partial charge >= 0.3 is 0 Å². The predicted octanol–water partition coefficient (Wildman–Crippen LogP) is 1.45. The summed E-state index contributed by atoms with van der Waals surface area (Å²) in [5.74, 6) is 0.344. The molecule has 0 unspecified atom stereocenters. The molecule has 7 heteroatoms. The van der Waals surface area contributed by atoms with Crippen LogP contribution in [0.25, 0.3) is 0 Å². The summed E-state index contributed by atoms with van der Waals surface area (Å²) < 4.78 is 29.0. The van der Waals surface area contributed by atoms with Crippen molar-refractivity contribution in [2.45, 2.75) is 44.9 Å². The Balaban J connectivity index is 2.28. The van der Waals surface area contributed by atoms with E-state index in [0.717, 1.165) is 0 Å². The van der Waals surface area contributed by atoms with E-state index >= 15 is 0 Å². The van der Waals surface area contributed by atoms with E-state index in [1.807, 2.05) is 13.8 Å². The molecule has 0 radical (unpaired) electrons. The SMILES string of the molecule is CC(C)c1ocnc1C(=O)N1CCS(=O)(=O)[C@@H](C)[C@@H]1C. The van der Waals surface area contributed by atoms with Crippen molar-refractivity contribution in [3.05, 3.63) is 17.8 Å². The summed E-state index contributed by atoms with van der Waals surface area (Å²) in [6, 6.07) is -0.363.